The molecule has 2 aromatic carbocycles. The third-order valence-electron chi connectivity index (χ3n) is 3.92. The Morgan fingerprint density at radius 3 is 2.65 bits per heavy atom. The minimum Gasteiger partial charge on any atom is -0.481 e. The molecule has 1 aromatic heterocycles. The zero-order valence-electron chi connectivity index (χ0n) is 16.3. The summed E-state index contributed by atoms with van der Waals surface area (Å²) in [4.78, 5) is 37.1. The molecule has 0 aliphatic carbocycles. The Kier molecular flexibility index (Phi) is 7.14. The second kappa shape index (κ2) is 9.98. The van der Waals surface area contributed by atoms with Crippen molar-refractivity contribution in [1.82, 2.24) is 9.78 Å². The van der Waals surface area contributed by atoms with E-state index < -0.39 is 29.9 Å². The lowest BCUT2D eigenvalue weighted by molar-refractivity contribution is -0.118. The molecular weight excluding hydrogens is 473 g/mol. The van der Waals surface area contributed by atoms with Crippen LogP contribution in [0.15, 0.2) is 63.9 Å². The Morgan fingerprint density at radius 1 is 1.16 bits per heavy atom. The number of amides is 1. The molecule has 0 aliphatic rings. The minimum atomic E-state index is -0.823. The molecule has 0 saturated carbocycles. The van der Waals surface area contributed by atoms with Gasteiger partial charge in [0.15, 0.2) is 12.4 Å². The van der Waals surface area contributed by atoms with Crippen molar-refractivity contribution in [2.45, 2.75) is 6.92 Å². The molecule has 0 fully saturated rings. The lowest BCUT2D eigenvalue weighted by atomic mass is 10.3. The van der Waals surface area contributed by atoms with Crippen molar-refractivity contribution in [3.63, 3.8) is 0 Å². The molecule has 8 nitrogen and oxygen atoms in total. The Balaban J connectivity index is 1.87. The van der Waals surface area contributed by atoms with Gasteiger partial charge in [-0.05, 0) is 37.3 Å². The van der Waals surface area contributed by atoms with Gasteiger partial charge in [-0.1, -0.05) is 34.1 Å². The van der Waals surface area contributed by atoms with E-state index in [1.165, 1.54) is 18.2 Å². The summed E-state index contributed by atoms with van der Waals surface area (Å²) < 4.78 is 25.7. The molecule has 1 heterocycles. The molecular formula is C21H17BrFN3O5. The number of esters is 1. The van der Waals surface area contributed by atoms with Crippen LogP contribution < -0.4 is 15.6 Å². The smallest absolute Gasteiger partial charge is 0.362 e. The first-order chi connectivity index (χ1) is 14.9. The summed E-state index contributed by atoms with van der Waals surface area (Å²) in [6.07, 6.45) is 0. The van der Waals surface area contributed by atoms with Gasteiger partial charge in [-0.2, -0.15) is 9.78 Å². The van der Waals surface area contributed by atoms with Crippen LogP contribution in [0.1, 0.15) is 17.4 Å². The minimum absolute atomic E-state index is 0.0232. The lowest BCUT2D eigenvalue weighted by Gasteiger charge is -2.13. The second-order valence-corrected chi connectivity index (χ2v) is 7.04. The van der Waals surface area contributed by atoms with Crippen LogP contribution in [-0.2, 0) is 9.53 Å². The molecule has 160 valence electrons. The number of nitrogens with one attached hydrogen (secondary N) is 1. The number of aromatic nitrogens is 2. The van der Waals surface area contributed by atoms with Crippen molar-refractivity contribution in [2.75, 3.05) is 18.5 Å². The molecule has 0 radical (unpaired) electrons. The number of ether oxygens (including phenoxy) is 2. The Labute approximate surface area is 184 Å². The van der Waals surface area contributed by atoms with E-state index in [1.54, 1.807) is 37.3 Å². The number of carbonyl (C=O) groups is 2. The summed E-state index contributed by atoms with van der Waals surface area (Å²) in [5, 5.41) is 6.42. The van der Waals surface area contributed by atoms with Gasteiger partial charge < -0.3 is 14.8 Å². The fourth-order valence-corrected chi connectivity index (χ4v) is 2.96. The summed E-state index contributed by atoms with van der Waals surface area (Å²) in [5.41, 5.74) is -0.477. The SMILES string of the molecule is CCOC(=O)c1nn(-c2cccc(Br)c2)c(=O)cc1OCC(=O)Nc1ccccc1F. The molecule has 3 aromatic rings. The highest BCUT2D eigenvalue weighted by molar-refractivity contribution is 9.10. The van der Waals surface area contributed by atoms with Crippen molar-refractivity contribution in [2.24, 2.45) is 0 Å². The third kappa shape index (κ3) is 5.54. The highest BCUT2D eigenvalue weighted by Gasteiger charge is 2.21. The van der Waals surface area contributed by atoms with E-state index in [2.05, 4.69) is 26.3 Å². The maximum atomic E-state index is 13.7. The highest BCUT2D eigenvalue weighted by Crippen LogP contribution is 2.19. The van der Waals surface area contributed by atoms with Crippen molar-refractivity contribution < 1.29 is 23.5 Å². The van der Waals surface area contributed by atoms with Gasteiger partial charge in [-0.25, -0.2) is 9.18 Å². The average molecular weight is 490 g/mol. The molecule has 0 aliphatic heterocycles. The van der Waals surface area contributed by atoms with Gasteiger partial charge in [0, 0.05) is 4.47 Å². The zero-order valence-corrected chi connectivity index (χ0v) is 17.9. The highest BCUT2D eigenvalue weighted by atomic mass is 79.9. The number of para-hydroxylation sites is 1. The molecule has 0 saturated heterocycles. The number of rotatable bonds is 7. The van der Waals surface area contributed by atoms with Gasteiger partial charge in [-0.15, -0.1) is 0 Å². The summed E-state index contributed by atoms with van der Waals surface area (Å²) >= 11 is 3.31. The number of anilines is 1. The van der Waals surface area contributed by atoms with E-state index in [1.807, 2.05) is 0 Å². The van der Waals surface area contributed by atoms with Crippen LogP contribution in [0, 0.1) is 5.82 Å². The van der Waals surface area contributed by atoms with Crippen LogP contribution in [0.4, 0.5) is 10.1 Å². The normalized spacial score (nSPS) is 10.4. The molecule has 0 bridgehead atoms. The summed E-state index contributed by atoms with van der Waals surface area (Å²) in [5.74, 6) is -2.34. The molecule has 0 atom stereocenters. The molecule has 10 heteroatoms. The number of nitrogens with zero attached hydrogens (tertiary/aromatic N) is 2. The van der Waals surface area contributed by atoms with Gasteiger partial charge in [0.2, 0.25) is 5.69 Å². The molecule has 0 unspecified atom stereocenters. The quantitative estimate of drug-likeness (QED) is 0.511. The van der Waals surface area contributed by atoms with Crippen LogP contribution in [0.25, 0.3) is 5.69 Å². The first-order valence-electron chi connectivity index (χ1n) is 9.13. The van der Waals surface area contributed by atoms with Crippen LogP contribution in [0.2, 0.25) is 0 Å². The van der Waals surface area contributed by atoms with Crippen molar-refractivity contribution >= 4 is 33.5 Å². The van der Waals surface area contributed by atoms with E-state index in [9.17, 15) is 18.8 Å². The van der Waals surface area contributed by atoms with E-state index in [4.69, 9.17) is 9.47 Å². The molecule has 3 rings (SSSR count). The van der Waals surface area contributed by atoms with Gasteiger partial charge >= 0.3 is 5.97 Å². The number of benzene rings is 2. The number of hydrogen-bond donors (Lipinski definition) is 1. The largest absolute Gasteiger partial charge is 0.481 e. The number of carbonyl (C=O) groups excluding carboxylic acids is 2. The topological polar surface area (TPSA) is 99.5 Å². The van der Waals surface area contributed by atoms with Crippen LogP contribution in [-0.4, -0.2) is 34.9 Å². The monoisotopic (exact) mass is 489 g/mol. The average Bonchev–Trinajstić information content (AvgIpc) is 2.74. The first kappa shape index (κ1) is 22.2. The predicted molar refractivity (Wildman–Crippen MR) is 114 cm³/mol. The van der Waals surface area contributed by atoms with Crippen LogP contribution in [0.3, 0.4) is 0 Å². The maximum absolute atomic E-state index is 13.7. The van der Waals surface area contributed by atoms with Gasteiger partial charge in [0.1, 0.15) is 5.82 Å². The molecule has 0 spiro atoms. The van der Waals surface area contributed by atoms with Gasteiger partial charge in [0.05, 0.1) is 24.0 Å². The first-order valence-corrected chi connectivity index (χ1v) is 9.93. The summed E-state index contributed by atoms with van der Waals surface area (Å²) in [6, 6.07) is 13.4. The third-order valence-corrected chi connectivity index (χ3v) is 4.42. The molecule has 1 amide bonds. The van der Waals surface area contributed by atoms with Crippen molar-refractivity contribution in [1.29, 1.82) is 0 Å². The van der Waals surface area contributed by atoms with E-state index in [0.717, 1.165) is 10.7 Å². The van der Waals surface area contributed by atoms with E-state index in [-0.39, 0.29) is 23.7 Å². The second-order valence-electron chi connectivity index (χ2n) is 6.12. The summed E-state index contributed by atoms with van der Waals surface area (Å²) in [6.45, 7) is 1.11. The van der Waals surface area contributed by atoms with Crippen molar-refractivity contribution in [3.8, 4) is 11.4 Å². The van der Waals surface area contributed by atoms with E-state index in [0.29, 0.717) is 10.2 Å². The maximum Gasteiger partial charge on any atom is 0.362 e. The molecule has 1 N–H and O–H groups in total. The Bertz CT molecular complexity index is 1180. The number of hydrogen-bond acceptors (Lipinski definition) is 6. The predicted octanol–water partition coefficient (Wildman–Crippen LogP) is 3.33. The summed E-state index contributed by atoms with van der Waals surface area (Å²) in [7, 11) is 0. The van der Waals surface area contributed by atoms with Gasteiger partial charge in [-0.3, -0.25) is 9.59 Å². The number of halogens is 2. The standard InChI is InChI=1S/C21H17BrFN3O5/c1-2-30-21(29)20-17(31-12-18(27)24-16-9-4-3-8-15(16)23)11-19(28)26(25-20)14-7-5-6-13(22)10-14/h3-11H,2,12H2,1H3,(H,24,27). The van der Waals surface area contributed by atoms with Crippen molar-refractivity contribution in [3.05, 3.63) is 80.9 Å². The van der Waals surface area contributed by atoms with Crippen LogP contribution in [0.5, 0.6) is 5.75 Å². The Morgan fingerprint density at radius 2 is 1.94 bits per heavy atom. The Hall–Kier alpha value is -3.53. The van der Waals surface area contributed by atoms with Crippen LogP contribution >= 0.6 is 15.9 Å². The zero-order chi connectivity index (χ0) is 22.4. The van der Waals surface area contributed by atoms with E-state index >= 15 is 0 Å². The lowest BCUT2D eigenvalue weighted by Crippen LogP contribution is -2.27. The fraction of sp³-hybridized carbons (Fsp3) is 0.143. The van der Waals surface area contributed by atoms with Gasteiger partial charge in [0.25, 0.3) is 11.5 Å². The fourth-order valence-electron chi connectivity index (χ4n) is 2.58. The molecule has 31 heavy (non-hydrogen) atoms.